The number of carbonyl (C=O) groups is 1. The van der Waals surface area contributed by atoms with Gasteiger partial charge >= 0.3 is 0 Å². The van der Waals surface area contributed by atoms with Gasteiger partial charge in [0, 0.05) is 17.2 Å². The maximum atomic E-state index is 13.2. The van der Waals surface area contributed by atoms with E-state index in [1.54, 1.807) is 43.3 Å². The van der Waals surface area contributed by atoms with Crippen LogP contribution in [0.15, 0.2) is 76.7 Å². The van der Waals surface area contributed by atoms with E-state index in [1.807, 2.05) is 18.2 Å². The number of nitro groups is 1. The summed E-state index contributed by atoms with van der Waals surface area (Å²) in [5, 5.41) is 15.1. The fourth-order valence-electron chi connectivity index (χ4n) is 3.37. The van der Waals surface area contributed by atoms with Crippen molar-refractivity contribution in [3.8, 4) is 0 Å². The van der Waals surface area contributed by atoms with Gasteiger partial charge in [0.1, 0.15) is 0 Å². The molecule has 172 valence electrons. The molecule has 0 aliphatic carbocycles. The zero-order chi connectivity index (χ0) is 24.2. The third-order valence-electron chi connectivity index (χ3n) is 5.15. The number of nitrogens with zero attached hydrogens (tertiary/aromatic N) is 3. The number of rotatable bonds is 7. The van der Waals surface area contributed by atoms with Crippen LogP contribution in [0.25, 0.3) is 10.9 Å². The third kappa shape index (κ3) is 5.11. The van der Waals surface area contributed by atoms with Crippen LogP contribution in [0.4, 0.5) is 11.4 Å². The number of benzene rings is 3. The topological polar surface area (TPSA) is 107 Å². The molecule has 1 heterocycles. The minimum Gasteiger partial charge on any atom is -0.325 e. The number of hydrogen-bond acceptors (Lipinski definition) is 6. The van der Waals surface area contributed by atoms with Crippen LogP contribution in [-0.4, -0.2) is 26.1 Å². The second kappa shape index (κ2) is 10.1. The van der Waals surface area contributed by atoms with E-state index in [2.05, 4.69) is 10.3 Å². The van der Waals surface area contributed by atoms with Crippen LogP contribution in [0.3, 0.4) is 0 Å². The normalized spacial score (nSPS) is 10.9. The molecular formula is C24H19ClN4O4S. The number of nitrogens with one attached hydrogen (secondary N) is 1. The Bertz CT molecular complexity index is 1470. The Kier molecular flexibility index (Phi) is 6.95. The molecule has 0 spiro atoms. The van der Waals surface area contributed by atoms with Gasteiger partial charge in [0.2, 0.25) is 5.91 Å². The molecule has 0 atom stereocenters. The van der Waals surface area contributed by atoms with E-state index in [4.69, 9.17) is 11.6 Å². The predicted octanol–water partition coefficient (Wildman–Crippen LogP) is 5.05. The Morgan fingerprint density at radius 1 is 1.15 bits per heavy atom. The van der Waals surface area contributed by atoms with Gasteiger partial charge in [-0.05, 0) is 36.2 Å². The lowest BCUT2D eigenvalue weighted by atomic mass is 10.2. The number of aryl methyl sites for hydroxylation is 1. The summed E-state index contributed by atoms with van der Waals surface area (Å²) < 4.78 is 1.50. The Labute approximate surface area is 203 Å². The number of fused-ring (bicyclic) bond motifs is 1. The Hall–Kier alpha value is -3.69. The van der Waals surface area contributed by atoms with E-state index < -0.39 is 4.92 Å². The smallest absolute Gasteiger partial charge is 0.271 e. The molecule has 0 fully saturated rings. The van der Waals surface area contributed by atoms with Gasteiger partial charge in [-0.15, -0.1) is 0 Å². The van der Waals surface area contributed by atoms with Gasteiger partial charge in [-0.3, -0.25) is 24.3 Å². The molecule has 10 heteroatoms. The maximum absolute atomic E-state index is 13.2. The number of para-hydroxylation sites is 1. The highest BCUT2D eigenvalue weighted by Crippen LogP contribution is 2.24. The molecule has 1 N–H and O–H groups in total. The van der Waals surface area contributed by atoms with Crippen molar-refractivity contribution in [1.29, 1.82) is 0 Å². The van der Waals surface area contributed by atoms with Crippen LogP contribution in [0.1, 0.15) is 11.1 Å². The summed E-state index contributed by atoms with van der Waals surface area (Å²) in [6.07, 6.45) is 0. The highest BCUT2D eigenvalue weighted by atomic mass is 35.5. The minimum atomic E-state index is -0.518. The summed E-state index contributed by atoms with van der Waals surface area (Å²) in [4.78, 5) is 41.0. The van der Waals surface area contributed by atoms with Gasteiger partial charge in [-0.2, -0.15) is 0 Å². The summed E-state index contributed by atoms with van der Waals surface area (Å²) in [6.45, 7) is 1.95. The van der Waals surface area contributed by atoms with Gasteiger partial charge < -0.3 is 5.32 Å². The van der Waals surface area contributed by atoms with E-state index in [0.717, 1.165) is 17.3 Å². The van der Waals surface area contributed by atoms with E-state index in [9.17, 15) is 19.7 Å². The van der Waals surface area contributed by atoms with Crippen molar-refractivity contribution in [3.05, 3.63) is 103 Å². The summed E-state index contributed by atoms with van der Waals surface area (Å²) in [5.74, 6) is -0.421. The molecule has 1 amide bonds. The lowest BCUT2D eigenvalue weighted by Gasteiger charge is -2.14. The molecule has 0 bridgehead atoms. The van der Waals surface area contributed by atoms with Crippen molar-refractivity contribution in [3.63, 3.8) is 0 Å². The van der Waals surface area contributed by atoms with Gasteiger partial charge in [0.15, 0.2) is 5.16 Å². The highest BCUT2D eigenvalue weighted by molar-refractivity contribution is 7.99. The van der Waals surface area contributed by atoms with Crippen LogP contribution >= 0.6 is 23.4 Å². The van der Waals surface area contributed by atoms with Gasteiger partial charge in [-0.1, -0.05) is 59.8 Å². The first kappa shape index (κ1) is 23.5. The maximum Gasteiger partial charge on any atom is 0.271 e. The molecule has 8 nitrogen and oxygen atoms in total. The average Bonchev–Trinajstić information content (AvgIpc) is 2.82. The molecule has 0 aliphatic rings. The number of anilines is 1. The number of aromatic nitrogens is 2. The molecule has 0 saturated heterocycles. The summed E-state index contributed by atoms with van der Waals surface area (Å²) in [5.41, 5.74) is 1.99. The first-order chi connectivity index (χ1) is 16.3. The molecule has 0 saturated carbocycles. The average molecular weight is 495 g/mol. The number of hydrogen-bond donors (Lipinski definition) is 1. The molecule has 0 radical (unpaired) electrons. The molecule has 0 aliphatic heterocycles. The number of carbonyl (C=O) groups excluding carboxylic acids is 1. The monoisotopic (exact) mass is 494 g/mol. The fourth-order valence-corrected chi connectivity index (χ4v) is 4.36. The minimum absolute atomic E-state index is 0.0462. The summed E-state index contributed by atoms with van der Waals surface area (Å²) in [7, 11) is 0. The van der Waals surface area contributed by atoms with Crippen molar-refractivity contribution in [2.75, 3.05) is 11.1 Å². The predicted molar refractivity (Wildman–Crippen MR) is 134 cm³/mol. The summed E-state index contributed by atoms with van der Waals surface area (Å²) >= 11 is 7.42. The van der Waals surface area contributed by atoms with Crippen LogP contribution in [-0.2, 0) is 11.3 Å². The number of thioether (sulfide) groups is 1. The van der Waals surface area contributed by atoms with E-state index in [-0.39, 0.29) is 29.5 Å². The second-order valence-corrected chi connectivity index (χ2v) is 8.84. The number of amides is 1. The zero-order valence-electron chi connectivity index (χ0n) is 18.0. The quantitative estimate of drug-likeness (QED) is 0.167. The van der Waals surface area contributed by atoms with Crippen LogP contribution in [0.5, 0.6) is 0 Å². The van der Waals surface area contributed by atoms with Crippen molar-refractivity contribution in [2.24, 2.45) is 0 Å². The Morgan fingerprint density at radius 3 is 2.65 bits per heavy atom. The van der Waals surface area contributed by atoms with E-state index >= 15 is 0 Å². The second-order valence-electron chi connectivity index (χ2n) is 7.49. The molecule has 34 heavy (non-hydrogen) atoms. The van der Waals surface area contributed by atoms with Crippen molar-refractivity contribution >= 4 is 51.5 Å². The van der Waals surface area contributed by atoms with Crippen LogP contribution in [0.2, 0.25) is 5.02 Å². The lowest BCUT2D eigenvalue weighted by molar-refractivity contribution is -0.384. The first-order valence-corrected chi connectivity index (χ1v) is 11.6. The van der Waals surface area contributed by atoms with Gasteiger partial charge in [-0.25, -0.2) is 4.98 Å². The highest BCUT2D eigenvalue weighted by Gasteiger charge is 2.16. The van der Waals surface area contributed by atoms with Crippen LogP contribution in [0, 0.1) is 17.0 Å². The largest absolute Gasteiger partial charge is 0.325 e. The first-order valence-electron chi connectivity index (χ1n) is 10.2. The van der Waals surface area contributed by atoms with Crippen molar-refractivity contribution in [1.82, 2.24) is 9.55 Å². The fraction of sp³-hybridized carbons (Fsp3) is 0.125. The van der Waals surface area contributed by atoms with Crippen molar-refractivity contribution < 1.29 is 9.72 Å². The van der Waals surface area contributed by atoms with E-state index in [1.165, 1.54) is 16.7 Å². The molecule has 1 aromatic heterocycles. The SMILES string of the molecule is Cc1ccc([N+](=O)[O-])cc1NC(=O)CSc1nc2ccccc2c(=O)n1Cc1ccccc1Cl. The van der Waals surface area contributed by atoms with Gasteiger partial charge in [0.05, 0.1) is 33.8 Å². The molecular weight excluding hydrogens is 476 g/mol. The Morgan fingerprint density at radius 2 is 1.88 bits per heavy atom. The molecule has 4 rings (SSSR count). The number of nitro benzene ring substituents is 1. The number of halogens is 1. The summed E-state index contributed by atoms with van der Waals surface area (Å²) in [6, 6.07) is 18.5. The standard InChI is InChI=1S/C24H19ClN4O4S/c1-15-10-11-17(29(32)33)12-21(15)26-22(30)14-34-24-27-20-9-5-3-7-18(20)23(31)28(24)13-16-6-2-4-8-19(16)25/h2-12H,13-14H2,1H3,(H,26,30). The molecule has 0 unspecified atom stereocenters. The third-order valence-corrected chi connectivity index (χ3v) is 6.50. The lowest BCUT2D eigenvalue weighted by Crippen LogP contribution is -2.25. The zero-order valence-corrected chi connectivity index (χ0v) is 19.6. The molecule has 4 aromatic rings. The Balaban J connectivity index is 1.62. The van der Waals surface area contributed by atoms with Crippen LogP contribution < -0.4 is 10.9 Å². The number of non-ortho nitro benzene ring substituents is 1. The van der Waals surface area contributed by atoms with Gasteiger partial charge in [0.25, 0.3) is 11.2 Å². The van der Waals surface area contributed by atoms with E-state index in [0.29, 0.717) is 32.3 Å². The van der Waals surface area contributed by atoms with Crippen molar-refractivity contribution in [2.45, 2.75) is 18.6 Å². The molecule has 3 aromatic carbocycles.